The number of carbonyl (C=O) groups excluding carboxylic acids is 1. The van der Waals surface area contributed by atoms with Crippen molar-refractivity contribution in [2.24, 2.45) is 5.73 Å². The van der Waals surface area contributed by atoms with Crippen LogP contribution < -0.4 is 5.73 Å². The highest BCUT2D eigenvalue weighted by atomic mass is 16.1. The molecule has 2 atom stereocenters. The average molecular weight is 232 g/mol. The van der Waals surface area contributed by atoms with Gasteiger partial charge in [-0.25, -0.2) is 0 Å². The molecule has 1 saturated heterocycles. The maximum absolute atomic E-state index is 11.2. The Morgan fingerprint density at radius 3 is 2.94 bits per heavy atom. The van der Waals surface area contributed by atoms with E-state index >= 15 is 0 Å². The Balaban J connectivity index is 1.90. The van der Waals surface area contributed by atoms with Gasteiger partial charge in [0.15, 0.2) is 0 Å². The molecule has 0 aromatic carbocycles. The molecule has 0 radical (unpaired) electrons. The van der Waals surface area contributed by atoms with Crippen molar-refractivity contribution < 1.29 is 4.79 Å². The van der Waals surface area contributed by atoms with Crippen LogP contribution in [0.15, 0.2) is 35.7 Å². The van der Waals surface area contributed by atoms with Crippen LogP contribution >= 0.6 is 0 Å². The summed E-state index contributed by atoms with van der Waals surface area (Å²) in [5, 5.41) is 4.29. The number of hydrogen-bond donors (Lipinski definition) is 1. The quantitative estimate of drug-likeness (QED) is 0.647. The Morgan fingerprint density at radius 1 is 1.29 bits per heavy atom. The molecule has 90 valence electrons. The zero-order valence-electron chi connectivity index (χ0n) is 9.67. The minimum Gasteiger partial charge on any atom is -0.366 e. The van der Waals surface area contributed by atoms with Crippen molar-refractivity contribution in [3.8, 4) is 0 Å². The van der Waals surface area contributed by atoms with Crippen LogP contribution in [0.2, 0.25) is 0 Å². The third-order valence-electron chi connectivity index (χ3n) is 3.35. The van der Waals surface area contributed by atoms with Crippen LogP contribution in [0, 0.1) is 0 Å². The van der Waals surface area contributed by atoms with Crippen molar-refractivity contribution in [1.29, 1.82) is 0 Å². The Labute approximate surface area is 100 Å². The lowest BCUT2D eigenvalue weighted by Crippen LogP contribution is -2.53. The summed E-state index contributed by atoms with van der Waals surface area (Å²) in [4.78, 5) is 13.6. The summed E-state index contributed by atoms with van der Waals surface area (Å²) in [6, 6.07) is 0. The van der Waals surface area contributed by atoms with Gasteiger partial charge in [0.05, 0.1) is 6.67 Å². The highest BCUT2D eigenvalue weighted by molar-refractivity contribution is 5.92. The summed E-state index contributed by atoms with van der Waals surface area (Å²) in [6.45, 7) is 3.70. The SMILES string of the molecule is NC(=O)C1=CN2C(=CC1)CN1CC=CCN2C1. The van der Waals surface area contributed by atoms with E-state index in [2.05, 4.69) is 33.1 Å². The first-order valence-corrected chi connectivity index (χ1v) is 5.85. The topological polar surface area (TPSA) is 52.8 Å². The molecule has 3 rings (SSSR count). The van der Waals surface area contributed by atoms with Crippen LogP contribution in [0.5, 0.6) is 0 Å². The van der Waals surface area contributed by atoms with Crippen LogP contribution in [0.3, 0.4) is 0 Å². The van der Waals surface area contributed by atoms with Gasteiger partial charge in [0.1, 0.15) is 0 Å². The molecule has 3 heterocycles. The fourth-order valence-corrected chi connectivity index (χ4v) is 2.43. The lowest BCUT2D eigenvalue weighted by molar-refractivity contribution is -0.115. The number of nitrogens with two attached hydrogens (primary N) is 1. The molecule has 0 spiro atoms. The van der Waals surface area contributed by atoms with Crippen molar-refractivity contribution in [3.63, 3.8) is 0 Å². The van der Waals surface area contributed by atoms with E-state index in [1.54, 1.807) is 0 Å². The molecule has 0 saturated carbocycles. The lowest BCUT2D eigenvalue weighted by Gasteiger charge is -2.44. The largest absolute Gasteiger partial charge is 0.366 e. The van der Waals surface area contributed by atoms with E-state index < -0.39 is 0 Å². The molecule has 1 fully saturated rings. The predicted molar refractivity (Wildman–Crippen MR) is 64.1 cm³/mol. The summed E-state index contributed by atoms with van der Waals surface area (Å²) in [5.41, 5.74) is 7.26. The fraction of sp³-hybridized carbons (Fsp3) is 0.417. The number of carbonyl (C=O) groups is 1. The van der Waals surface area contributed by atoms with E-state index in [0.29, 0.717) is 12.0 Å². The molecular weight excluding hydrogens is 216 g/mol. The number of primary amides is 1. The van der Waals surface area contributed by atoms with E-state index in [4.69, 9.17) is 5.73 Å². The van der Waals surface area contributed by atoms with Gasteiger partial charge in [-0.1, -0.05) is 18.2 Å². The maximum atomic E-state index is 11.2. The second-order valence-electron chi connectivity index (χ2n) is 4.58. The second-order valence-corrected chi connectivity index (χ2v) is 4.58. The Bertz CT molecular complexity index is 438. The molecule has 0 aliphatic carbocycles. The van der Waals surface area contributed by atoms with E-state index in [9.17, 15) is 4.79 Å². The molecule has 3 aliphatic rings. The normalized spacial score (nSPS) is 31.2. The monoisotopic (exact) mass is 232 g/mol. The molecule has 2 N–H and O–H groups in total. The van der Waals surface area contributed by atoms with Crippen LogP contribution in [0.25, 0.3) is 0 Å². The zero-order valence-corrected chi connectivity index (χ0v) is 9.67. The number of allylic oxidation sites excluding steroid dienone is 1. The molecule has 2 bridgehead atoms. The summed E-state index contributed by atoms with van der Waals surface area (Å²) in [7, 11) is 0. The average Bonchev–Trinajstić information content (AvgIpc) is 2.51. The second kappa shape index (κ2) is 4.01. The van der Waals surface area contributed by atoms with Gasteiger partial charge >= 0.3 is 0 Å². The van der Waals surface area contributed by atoms with Crippen LogP contribution in [-0.2, 0) is 4.79 Å². The predicted octanol–water partition coefficient (Wildman–Crippen LogP) is 0.00510. The van der Waals surface area contributed by atoms with Gasteiger partial charge in [-0.05, 0) is 6.42 Å². The van der Waals surface area contributed by atoms with Crippen LogP contribution in [0.4, 0.5) is 0 Å². The Hall–Kier alpha value is -1.59. The standard InChI is InChI=1S/C12H16N4O/c13-12(17)10-3-4-11-8-14-5-1-2-6-15(9-14)16(11)7-10/h1-2,4,7H,3,5-6,8-9H2,(H2,13,17). The van der Waals surface area contributed by atoms with Gasteiger partial charge in [-0.3, -0.25) is 14.7 Å². The first kappa shape index (κ1) is 10.6. The number of rotatable bonds is 1. The van der Waals surface area contributed by atoms with Crippen molar-refractivity contribution in [3.05, 3.63) is 35.7 Å². The van der Waals surface area contributed by atoms with E-state index in [0.717, 1.165) is 26.3 Å². The minimum atomic E-state index is -0.326. The molecule has 1 amide bonds. The van der Waals surface area contributed by atoms with Crippen molar-refractivity contribution in [1.82, 2.24) is 14.9 Å². The van der Waals surface area contributed by atoms with Gasteiger partial charge in [-0.2, -0.15) is 5.01 Å². The molecule has 0 aromatic heterocycles. The molecule has 5 nitrogen and oxygen atoms in total. The number of hydrazine groups is 1. The van der Waals surface area contributed by atoms with Gasteiger partial charge in [0, 0.05) is 37.1 Å². The maximum Gasteiger partial charge on any atom is 0.246 e. The van der Waals surface area contributed by atoms with Crippen molar-refractivity contribution in [2.45, 2.75) is 6.42 Å². The van der Waals surface area contributed by atoms with Gasteiger partial charge in [-0.15, -0.1) is 0 Å². The van der Waals surface area contributed by atoms with E-state index in [-0.39, 0.29) is 5.91 Å². The number of amides is 1. The first-order chi connectivity index (χ1) is 8.24. The zero-order chi connectivity index (χ0) is 11.8. The lowest BCUT2D eigenvalue weighted by atomic mass is 10.1. The molecule has 3 aliphatic heterocycles. The van der Waals surface area contributed by atoms with Crippen LogP contribution in [0.1, 0.15) is 6.42 Å². The van der Waals surface area contributed by atoms with E-state index in [1.807, 2.05) is 6.20 Å². The molecule has 5 heteroatoms. The highest BCUT2D eigenvalue weighted by Gasteiger charge is 2.29. The highest BCUT2D eigenvalue weighted by Crippen LogP contribution is 2.26. The third-order valence-corrected chi connectivity index (χ3v) is 3.35. The minimum absolute atomic E-state index is 0.326. The van der Waals surface area contributed by atoms with Gasteiger partial charge in [0.25, 0.3) is 0 Å². The molecule has 2 unspecified atom stereocenters. The Morgan fingerprint density at radius 2 is 2.12 bits per heavy atom. The first-order valence-electron chi connectivity index (χ1n) is 5.85. The summed E-state index contributed by atoms with van der Waals surface area (Å²) in [6.07, 6.45) is 8.99. The summed E-state index contributed by atoms with van der Waals surface area (Å²) < 4.78 is 0. The number of hydrogen-bond acceptors (Lipinski definition) is 4. The third kappa shape index (κ3) is 1.87. The van der Waals surface area contributed by atoms with E-state index in [1.165, 1.54) is 5.70 Å². The number of fused-ring (bicyclic) bond motifs is 4. The van der Waals surface area contributed by atoms with Crippen molar-refractivity contribution >= 4 is 5.91 Å². The molecular formula is C12H16N4O. The number of nitrogens with zero attached hydrogens (tertiary/aromatic N) is 3. The summed E-state index contributed by atoms with van der Waals surface area (Å²) in [5.74, 6) is -0.326. The smallest absolute Gasteiger partial charge is 0.246 e. The molecule has 17 heavy (non-hydrogen) atoms. The van der Waals surface area contributed by atoms with Crippen molar-refractivity contribution in [2.75, 3.05) is 26.3 Å². The van der Waals surface area contributed by atoms with Gasteiger partial charge in [0.2, 0.25) is 5.91 Å². The molecule has 0 aromatic rings. The summed E-state index contributed by atoms with van der Waals surface area (Å²) >= 11 is 0. The van der Waals surface area contributed by atoms with Gasteiger partial charge < -0.3 is 5.73 Å². The Kier molecular flexibility index (Phi) is 2.49. The van der Waals surface area contributed by atoms with Crippen LogP contribution in [-0.4, -0.2) is 47.1 Å². The fourth-order valence-electron chi connectivity index (χ4n) is 2.43.